The Bertz CT molecular complexity index is 1760. The number of nitrogens with two attached hydrogens (primary N) is 1. The number of amides is 2. The summed E-state index contributed by atoms with van der Waals surface area (Å²) < 4.78 is 10.7. The van der Waals surface area contributed by atoms with Crippen molar-refractivity contribution in [3.8, 4) is 0 Å². The van der Waals surface area contributed by atoms with Gasteiger partial charge in [0.15, 0.2) is 0 Å². The Hall–Kier alpha value is -3.62. The molecule has 0 aromatic heterocycles. The van der Waals surface area contributed by atoms with Gasteiger partial charge < -0.3 is 50.8 Å². The lowest BCUT2D eigenvalue weighted by molar-refractivity contribution is 0.0265. The summed E-state index contributed by atoms with van der Waals surface area (Å²) in [6.45, 7) is 26.1. The first-order valence-corrected chi connectivity index (χ1v) is 27.0. The maximum Gasteiger partial charge on any atom is 0.410 e. The van der Waals surface area contributed by atoms with E-state index in [0.717, 1.165) is 91.4 Å². The average Bonchev–Trinajstić information content (AvgIpc) is 4.04. The van der Waals surface area contributed by atoms with Crippen molar-refractivity contribution in [2.24, 2.45) is 5.73 Å². The molecule has 0 spiro atoms. The predicted molar refractivity (Wildman–Crippen MR) is 303 cm³/mol. The molecule has 3 aliphatic heterocycles. The van der Waals surface area contributed by atoms with Crippen LogP contribution in [0.2, 0.25) is 0 Å². The molecule has 3 aromatic rings. The van der Waals surface area contributed by atoms with Crippen molar-refractivity contribution in [1.29, 1.82) is 0 Å². The van der Waals surface area contributed by atoms with Crippen LogP contribution in [0.4, 0.5) is 9.59 Å². The number of hydrogen-bond donors (Lipinski definition) is 6. The Kier molecular flexibility index (Phi) is 36.7. The van der Waals surface area contributed by atoms with Gasteiger partial charge in [0.2, 0.25) is 0 Å². The van der Waals surface area contributed by atoms with E-state index in [1.807, 2.05) is 87.7 Å². The third kappa shape index (κ3) is 32.1. The van der Waals surface area contributed by atoms with Gasteiger partial charge in [0.1, 0.15) is 11.2 Å². The molecule has 0 radical (unpaired) electrons. The van der Waals surface area contributed by atoms with E-state index in [1.54, 1.807) is 4.90 Å². The minimum Gasteiger partial charge on any atom is -0.444 e. The molecule has 0 bridgehead atoms. The molecule has 422 valence electrons. The molecule has 2 unspecified atom stereocenters. The fourth-order valence-electron chi connectivity index (χ4n) is 7.97. The Morgan fingerprint density at radius 3 is 1.38 bits per heavy atom. The highest BCUT2D eigenvalue weighted by Gasteiger charge is 2.34. The summed E-state index contributed by atoms with van der Waals surface area (Å²) >= 11 is 11.4. The number of nitrogens with zero attached hydrogens (tertiary/aromatic N) is 6. The minimum atomic E-state index is -0.418. The molecule has 2 atom stereocenters. The number of nitrogens with one attached hydrogen (secondary N) is 1. The lowest BCUT2D eigenvalue weighted by Gasteiger charge is -2.38. The highest BCUT2D eigenvalue weighted by Crippen LogP contribution is 2.21. The van der Waals surface area contributed by atoms with Crippen molar-refractivity contribution in [2.45, 2.75) is 105 Å². The molecule has 0 saturated carbocycles. The summed E-state index contributed by atoms with van der Waals surface area (Å²) in [4.78, 5) is 36.6. The van der Waals surface area contributed by atoms with Gasteiger partial charge in [0.05, 0.1) is 26.4 Å². The Labute approximate surface area is 455 Å². The topological polar surface area (TPSA) is 191 Å². The molecule has 3 fully saturated rings. The second kappa shape index (κ2) is 39.7. The van der Waals surface area contributed by atoms with E-state index in [9.17, 15) is 9.59 Å². The number of aliphatic hydroxyl groups excluding tert-OH is 4. The number of aliphatic hydroxyl groups is 4. The van der Waals surface area contributed by atoms with Crippen LogP contribution < -0.4 is 11.1 Å². The van der Waals surface area contributed by atoms with Crippen molar-refractivity contribution in [1.82, 2.24) is 34.7 Å². The third-order valence-electron chi connectivity index (χ3n) is 11.6. The molecule has 16 nitrogen and oxygen atoms in total. The van der Waals surface area contributed by atoms with E-state index in [-0.39, 0.29) is 52.1 Å². The smallest absolute Gasteiger partial charge is 0.410 e. The maximum absolute atomic E-state index is 12.2. The highest BCUT2D eigenvalue weighted by atomic mass is 35.5. The second-order valence-corrected chi connectivity index (χ2v) is 20.9. The van der Waals surface area contributed by atoms with Gasteiger partial charge in [-0.25, -0.2) is 9.59 Å². The van der Waals surface area contributed by atoms with Gasteiger partial charge in [0, 0.05) is 135 Å². The fourth-order valence-corrected chi connectivity index (χ4v) is 8.45. The third-order valence-corrected chi connectivity index (χ3v) is 11.9. The first-order chi connectivity index (χ1) is 34.9. The first kappa shape index (κ1) is 68.4. The van der Waals surface area contributed by atoms with Crippen LogP contribution in [0.1, 0.15) is 78.5 Å². The number of benzene rings is 3. The van der Waals surface area contributed by atoms with E-state index in [4.69, 9.17) is 58.8 Å². The Morgan fingerprint density at radius 1 is 0.595 bits per heavy atom. The van der Waals surface area contributed by atoms with Gasteiger partial charge in [-0.1, -0.05) is 98.4 Å². The Balaban J connectivity index is 0.000000489. The molecule has 2 amide bonds. The molecule has 3 aromatic carbocycles. The van der Waals surface area contributed by atoms with Crippen molar-refractivity contribution in [2.75, 3.05) is 130 Å². The number of carbonyl (C=O) groups excluding carboxylic acids is 2. The van der Waals surface area contributed by atoms with Crippen LogP contribution in [-0.4, -0.2) is 215 Å². The number of likely N-dealkylation sites (tertiary alicyclic amines) is 2. The van der Waals surface area contributed by atoms with Crippen molar-refractivity contribution < 1.29 is 39.5 Å². The summed E-state index contributed by atoms with van der Waals surface area (Å²) in [7, 11) is 0. The lowest BCUT2D eigenvalue weighted by atomic mass is 10.1. The van der Waals surface area contributed by atoms with E-state index in [2.05, 4.69) is 74.6 Å². The van der Waals surface area contributed by atoms with Crippen molar-refractivity contribution >= 4 is 35.4 Å². The highest BCUT2D eigenvalue weighted by molar-refractivity contribution is 6.18. The first-order valence-electron chi connectivity index (χ1n) is 25.9. The summed E-state index contributed by atoms with van der Waals surface area (Å²) in [5.41, 5.74) is 8.74. The zero-order valence-corrected chi connectivity index (χ0v) is 46.4. The summed E-state index contributed by atoms with van der Waals surface area (Å²) in [6.07, 6.45) is 1.51. The number of alkyl halides is 2. The number of ether oxygens (including phenoxy) is 2. The van der Waals surface area contributed by atoms with Crippen LogP contribution in [0.5, 0.6) is 0 Å². The number of carbonyl (C=O) groups is 2. The van der Waals surface area contributed by atoms with Crippen LogP contribution in [-0.2, 0) is 29.1 Å². The van der Waals surface area contributed by atoms with E-state index < -0.39 is 11.2 Å². The molecular weight excluding hydrogens is 984 g/mol. The van der Waals surface area contributed by atoms with Crippen LogP contribution in [0.15, 0.2) is 91.0 Å². The molecule has 0 aliphatic carbocycles. The molecular formula is C56H96Cl2N8O8. The van der Waals surface area contributed by atoms with Crippen LogP contribution in [0.25, 0.3) is 0 Å². The maximum atomic E-state index is 12.2. The van der Waals surface area contributed by atoms with Gasteiger partial charge in [-0.05, 0) is 71.1 Å². The van der Waals surface area contributed by atoms with Crippen LogP contribution >= 0.6 is 23.2 Å². The molecule has 74 heavy (non-hydrogen) atoms. The lowest BCUT2D eigenvalue weighted by Crippen LogP contribution is -2.51. The van der Waals surface area contributed by atoms with Gasteiger partial charge in [-0.3, -0.25) is 19.6 Å². The minimum absolute atomic E-state index is 0. The number of rotatable bonds is 19. The van der Waals surface area contributed by atoms with Crippen molar-refractivity contribution in [3.63, 3.8) is 0 Å². The normalized spacial score (nSPS) is 16.9. The number of piperazine rings is 1. The average molecular weight is 1080 g/mol. The fraction of sp³-hybridized carbons (Fsp3) is 0.643. The van der Waals surface area contributed by atoms with Gasteiger partial charge in [-0.2, -0.15) is 0 Å². The summed E-state index contributed by atoms with van der Waals surface area (Å²) in [6, 6.07) is 31.7. The standard InChI is InChI=1S/C20H31N3O2.C11H15Cl2N.C11H17NO2.C9H18N2O2.C4H11NO2.CH4/c1-20(2,3)25-19(24)23-10-9-18(16-23)22-13-11-21(12-14-22)15-17-7-5-4-6-8-17;12-6-8-14(9-7-13)10-11-4-2-1-3-5-11;13-8-6-12(7-9-14)10-11-4-2-1-3-5-11;1-9(2,3)13-8(12)11-5-4-7(10)6-11;6-3-1-5-2-4-7;/h4-8,18H,9-16H2,1-3H3;1-5H,6-10H2;1-5,13-14H,6-10H2;7H,4-6,10H2,1-3H3;5-7H,1-4H2;1H4. The molecule has 6 rings (SSSR count). The summed E-state index contributed by atoms with van der Waals surface area (Å²) in [5, 5.41) is 36.7. The Morgan fingerprint density at radius 2 is 1.00 bits per heavy atom. The zero-order valence-electron chi connectivity index (χ0n) is 44.9. The van der Waals surface area contributed by atoms with Crippen LogP contribution in [0, 0.1) is 0 Å². The molecule has 18 heteroatoms. The van der Waals surface area contributed by atoms with Gasteiger partial charge >= 0.3 is 12.2 Å². The SMILES string of the molecule is C.CC(C)(C)OC(=O)N1CCC(N)C1.CC(C)(C)OC(=O)N1CCC(N2CCN(Cc3ccccc3)CC2)C1.ClCCN(CCCl)Cc1ccccc1.OCCN(CCO)Cc1ccccc1.OCCNCCO. The van der Waals surface area contributed by atoms with E-state index in [1.165, 1.54) is 16.7 Å². The predicted octanol–water partition coefficient (Wildman–Crippen LogP) is 6.40. The van der Waals surface area contributed by atoms with E-state index in [0.29, 0.717) is 50.5 Å². The number of halogens is 2. The number of hydrogen-bond acceptors (Lipinski definition) is 14. The summed E-state index contributed by atoms with van der Waals surface area (Å²) in [5.74, 6) is 1.31. The molecule has 3 saturated heterocycles. The molecule has 3 aliphatic rings. The van der Waals surface area contributed by atoms with Gasteiger partial charge in [0.25, 0.3) is 0 Å². The van der Waals surface area contributed by atoms with E-state index >= 15 is 0 Å². The van der Waals surface area contributed by atoms with Crippen molar-refractivity contribution in [3.05, 3.63) is 108 Å². The zero-order chi connectivity index (χ0) is 53.9. The monoisotopic (exact) mass is 1080 g/mol. The molecule has 3 heterocycles. The second-order valence-electron chi connectivity index (χ2n) is 20.2. The van der Waals surface area contributed by atoms with Crippen LogP contribution in [0.3, 0.4) is 0 Å². The molecule has 7 N–H and O–H groups in total. The largest absolute Gasteiger partial charge is 0.444 e. The quantitative estimate of drug-likeness (QED) is 0.0571. The van der Waals surface area contributed by atoms with Gasteiger partial charge in [-0.15, -0.1) is 23.2 Å².